The average molecular weight is 219 g/mol. The van der Waals surface area contributed by atoms with E-state index in [0.717, 1.165) is 5.69 Å². The van der Waals surface area contributed by atoms with Gasteiger partial charge < -0.3 is 4.74 Å². The highest BCUT2D eigenvalue weighted by molar-refractivity contribution is 9.09. The van der Waals surface area contributed by atoms with Gasteiger partial charge in [0.2, 0.25) is 0 Å². The van der Waals surface area contributed by atoms with Crippen LogP contribution in [0.1, 0.15) is 5.69 Å². The van der Waals surface area contributed by atoms with Crippen LogP contribution < -0.4 is 0 Å². The number of hydrogen-bond donors (Lipinski definition) is 1. The molecule has 11 heavy (non-hydrogen) atoms. The molecular formula is C6H7BrN2O2. The van der Waals surface area contributed by atoms with Gasteiger partial charge in [0.25, 0.3) is 6.47 Å². The minimum absolute atomic E-state index is 0.277. The van der Waals surface area contributed by atoms with Gasteiger partial charge in [-0.05, 0) is 22.0 Å². The fourth-order valence-corrected chi connectivity index (χ4v) is 1.12. The van der Waals surface area contributed by atoms with Crippen molar-refractivity contribution in [2.75, 3.05) is 0 Å². The summed E-state index contributed by atoms with van der Waals surface area (Å²) in [5, 5.41) is 6.22. The van der Waals surface area contributed by atoms with Crippen molar-refractivity contribution in [3.63, 3.8) is 0 Å². The molecule has 0 aliphatic heterocycles. The first kappa shape index (κ1) is 8.26. The van der Waals surface area contributed by atoms with Crippen LogP contribution in [0.3, 0.4) is 0 Å². The first-order chi connectivity index (χ1) is 5.33. The van der Waals surface area contributed by atoms with Gasteiger partial charge in [0, 0.05) is 18.3 Å². The zero-order valence-corrected chi connectivity index (χ0v) is 7.24. The summed E-state index contributed by atoms with van der Waals surface area (Å²) in [7, 11) is 0. The third-order valence-corrected chi connectivity index (χ3v) is 1.68. The molecule has 0 fully saturated rings. The standard InChI is InChI=1S/C6H7BrN2O2/c7-6(11-4-10)3-5-1-2-8-9-5/h1-2,4,6H,3H2,(H,8,9). The van der Waals surface area contributed by atoms with Crippen molar-refractivity contribution in [3.05, 3.63) is 18.0 Å². The molecule has 1 aromatic rings. The van der Waals surface area contributed by atoms with E-state index >= 15 is 0 Å². The van der Waals surface area contributed by atoms with Gasteiger partial charge in [-0.3, -0.25) is 9.89 Å². The monoisotopic (exact) mass is 218 g/mol. The Labute approximate surface area is 72.1 Å². The Bertz CT molecular complexity index is 212. The van der Waals surface area contributed by atoms with E-state index in [-0.39, 0.29) is 5.01 Å². The SMILES string of the molecule is O=COC(Br)Cc1ccn[nH]1. The number of H-pyrrole nitrogens is 1. The maximum absolute atomic E-state index is 9.87. The molecule has 0 saturated heterocycles. The Balaban J connectivity index is 2.37. The first-order valence-corrected chi connectivity index (χ1v) is 3.96. The Morgan fingerprint density at radius 2 is 2.73 bits per heavy atom. The number of alkyl halides is 1. The third kappa shape index (κ3) is 2.71. The number of aromatic amines is 1. The van der Waals surface area contributed by atoms with Gasteiger partial charge in [0.05, 0.1) is 0 Å². The number of rotatable bonds is 4. The molecule has 5 heteroatoms. The third-order valence-electron chi connectivity index (χ3n) is 1.14. The maximum Gasteiger partial charge on any atom is 0.294 e. The second-order valence-corrected chi connectivity index (χ2v) is 2.95. The van der Waals surface area contributed by atoms with E-state index in [9.17, 15) is 4.79 Å². The number of aromatic nitrogens is 2. The van der Waals surface area contributed by atoms with Gasteiger partial charge in [0.15, 0.2) is 5.01 Å². The first-order valence-electron chi connectivity index (χ1n) is 3.04. The molecule has 0 aromatic carbocycles. The lowest BCUT2D eigenvalue weighted by atomic mass is 10.3. The van der Waals surface area contributed by atoms with E-state index in [4.69, 9.17) is 0 Å². The number of carbonyl (C=O) groups excluding carboxylic acids is 1. The molecule has 0 saturated carbocycles. The molecule has 0 bridgehead atoms. The van der Waals surface area contributed by atoms with E-state index in [1.807, 2.05) is 6.07 Å². The summed E-state index contributed by atoms with van der Waals surface area (Å²) in [6.07, 6.45) is 2.24. The normalized spacial score (nSPS) is 12.5. The van der Waals surface area contributed by atoms with Crippen LogP contribution in [0, 0.1) is 0 Å². The fraction of sp³-hybridized carbons (Fsp3) is 0.333. The van der Waals surface area contributed by atoms with Gasteiger partial charge in [-0.25, -0.2) is 0 Å². The van der Waals surface area contributed by atoms with Crippen LogP contribution in [-0.4, -0.2) is 21.7 Å². The molecule has 4 nitrogen and oxygen atoms in total. The molecular weight excluding hydrogens is 212 g/mol. The quantitative estimate of drug-likeness (QED) is 0.603. The molecule has 0 aliphatic carbocycles. The minimum atomic E-state index is -0.277. The summed E-state index contributed by atoms with van der Waals surface area (Å²) < 4.78 is 4.60. The summed E-state index contributed by atoms with van der Waals surface area (Å²) in [5.41, 5.74) is 0.925. The number of halogens is 1. The lowest BCUT2D eigenvalue weighted by Crippen LogP contribution is -2.06. The summed E-state index contributed by atoms with van der Waals surface area (Å²) in [4.78, 5) is 9.87. The van der Waals surface area contributed by atoms with Gasteiger partial charge in [-0.2, -0.15) is 5.10 Å². The van der Waals surface area contributed by atoms with Crippen LogP contribution in [0.5, 0.6) is 0 Å². The van der Waals surface area contributed by atoms with Crippen LogP contribution >= 0.6 is 15.9 Å². The van der Waals surface area contributed by atoms with Crippen LogP contribution in [0.15, 0.2) is 12.3 Å². The van der Waals surface area contributed by atoms with Crippen molar-refractivity contribution in [3.8, 4) is 0 Å². The maximum atomic E-state index is 9.87. The summed E-state index contributed by atoms with van der Waals surface area (Å²) in [6, 6.07) is 1.82. The Morgan fingerprint density at radius 3 is 3.27 bits per heavy atom. The zero-order chi connectivity index (χ0) is 8.10. The molecule has 1 aromatic heterocycles. The van der Waals surface area contributed by atoms with Gasteiger partial charge in [-0.1, -0.05) is 0 Å². The van der Waals surface area contributed by atoms with Crippen LogP contribution in [0.4, 0.5) is 0 Å². The topological polar surface area (TPSA) is 55.0 Å². The minimum Gasteiger partial charge on any atom is -0.453 e. The Hall–Kier alpha value is -0.840. The summed E-state index contributed by atoms with van der Waals surface area (Å²) in [6.45, 7) is 0.412. The Kier molecular flexibility index (Phi) is 3.10. The number of nitrogens with one attached hydrogen (secondary N) is 1. The highest BCUT2D eigenvalue weighted by Crippen LogP contribution is 2.07. The molecule has 1 N–H and O–H groups in total. The van der Waals surface area contributed by atoms with Crippen LogP contribution in [0.25, 0.3) is 0 Å². The summed E-state index contributed by atoms with van der Waals surface area (Å²) in [5.74, 6) is 0. The number of ether oxygens (including phenoxy) is 1. The van der Waals surface area contributed by atoms with Crippen molar-refractivity contribution >= 4 is 22.4 Å². The van der Waals surface area contributed by atoms with Crippen molar-refractivity contribution in [2.45, 2.75) is 11.4 Å². The molecule has 60 valence electrons. The highest BCUT2D eigenvalue weighted by atomic mass is 79.9. The van der Waals surface area contributed by atoms with Gasteiger partial charge in [0.1, 0.15) is 0 Å². The predicted molar refractivity (Wildman–Crippen MR) is 42.2 cm³/mol. The number of nitrogens with zero attached hydrogens (tertiary/aromatic N) is 1. The number of hydrogen-bond acceptors (Lipinski definition) is 3. The highest BCUT2D eigenvalue weighted by Gasteiger charge is 2.05. The lowest BCUT2D eigenvalue weighted by molar-refractivity contribution is -0.129. The molecule has 1 unspecified atom stereocenters. The predicted octanol–water partition coefficient (Wildman–Crippen LogP) is 0.846. The molecule has 0 spiro atoms. The Morgan fingerprint density at radius 1 is 1.91 bits per heavy atom. The van der Waals surface area contributed by atoms with Crippen molar-refractivity contribution in [2.24, 2.45) is 0 Å². The molecule has 1 heterocycles. The van der Waals surface area contributed by atoms with Crippen molar-refractivity contribution < 1.29 is 9.53 Å². The van der Waals surface area contributed by atoms with Gasteiger partial charge in [-0.15, -0.1) is 0 Å². The van der Waals surface area contributed by atoms with Crippen molar-refractivity contribution in [1.82, 2.24) is 10.2 Å². The molecule has 0 radical (unpaired) electrons. The largest absolute Gasteiger partial charge is 0.453 e. The molecule has 1 atom stereocenters. The lowest BCUT2D eigenvalue weighted by Gasteiger charge is -2.04. The zero-order valence-electron chi connectivity index (χ0n) is 5.66. The van der Waals surface area contributed by atoms with E-state index in [0.29, 0.717) is 12.9 Å². The number of carbonyl (C=O) groups is 1. The summed E-state index contributed by atoms with van der Waals surface area (Å²) >= 11 is 3.16. The molecule has 1 rings (SSSR count). The molecule has 0 aliphatic rings. The van der Waals surface area contributed by atoms with Crippen LogP contribution in [0.2, 0.25) is 0 Å². The van der Waals surface area contributed by atoms with E-state index in [1.165, 1.54) is 0 Å². The second-order valence-electron chi connectivity index (χ2n) is 1.93. The van der Waals surface area contributed by atoms with Gasteiger partial charge >= 0.3 is 0 Å². The second kappa shape index (κ2) is 4.12. The van der Waals surface area contributed by atoms with E-state index in [2.05, 4.69) is 30.9 Å². The fourth-order valence-electron chi connectivity index (χ4n) is 0.680. The average Bonchev–Trinajstić information content (AvgIpc) is 2.40. The smallest absolute Gasteiger partial charge is 0.294 e. The van der Waals surface area contributed by atoms with Crippen LogP contribution in [-0.2, 0) is 16.0 Å². The van der Waals surface area contributed by atoms with Crippen molar-refractivity contribution in [1.29, 1.82) is 0 Å². The van der Waals surface area contributed by atoms with E-state index < -0.39 is 0 Å². The molecule has 0 amide bonds. The van der Waals surface area contributed by atoms with E-state index in [1.54, 1.807) is 6.20 Å².